The molecule has 1 amide bonds. The summed E-state index contributed by atoms with van der Waals surface area (Å²) >= 11 is 5.83. The van der Waals surface area contributed by atoms with Crippen molar-refractivity contribution in [2.75, 3.05) is 12.4 Å². The van der Waals surface area contributed by atoms with Crippen LogP contribution in [-0.2, 0) is 52.2 Å². The Kier molecular flexibility index (Phi) is 23.5. The Morgan fingerprint density at radius 3 is 1.44 bits per heavy atom. The molecule has 1 N–H and O–H groups in total. The van der Waals surface area contributed by atoms with E-state index in [1.54, 1.807) is 42.5 Å². The third-order valence-electron chi connectivity index (χ3n) is 17.2. The number of nitriles is 1. The molecule has 22 nitrogen and oxygen atoms in total. The summed E-state index contributed by atoms with van der Waals surface area (Å²) in [7, 11) is -15.2. The Bertz CT molecular complexity index is 6940. The number of benzene rings is 9. The lowest BCUT2D eigenvalue weighted by molar-refractivity contribution is 0.101. The van der Waals surface area contributed by atoms with Crippen LogP contribution in [0.2, 0.25) is 5.02 Å². The highest BCUT2D eigenvalue weighted by Gasteiger charge is 2.30. The minimum atomic E-state index is -4.34. The van der Waals surface area contributed by atoms with Crippen LogP contribution in [-0.4, -0.2) is 51.8 Å². The summed E-state index contributed by atoms with van der Waals surface area (Å²) in [5, 5.41) is 16.6. The van der Waals surface area contributed by atoms with Crippen molar-refractivity contribution in [3.8, 4) is 11.8 Å². The lowest BCUT2D eigenvalue weighted by Gasteiger charge is -2.06. The highest BCUT2D eigenvalue weighted by molar-refractivity contribution is 7.92. The number of nitrogens with zero attached hydrogens (tertiary/aromatic N) is 2. The number of aromatic nitrogens is 1. The van der Waals surface area contributed by atoms with Gasteiger partial charge in [0.15, 0.2) is 48.1 Å². The maximum Gasteiger partial charge on any atom is 0.355 e. The first kappa shape index (κ1) is 80.5. The molecule has 0 fully saturated rings. The molecule has 14 aromatic rings. The van der Waals surface area contributed by atoms with Gasteiger partial charge in [-0.3, -0.25) is 4.79 Å². The average Bonchev–Trinajstić information content (AvgIpc) is 1.21. The molecule has 0 saturated carbocycles. The number of carbonyl (C=O) groups excluding carboxylic acids is 1. The van der Waals surface area contributed by atoms with Crippen molar-refractivity contribution in [3.05, 3.63) is 320 Å². The Hall–Kier alpha value is -12.5. The quantitative estimate of drug-likeness (QED) is 0.0714. The fraction of sp³-hybridized carbons (Fsp3) is 0.113. The number of hydrogen-bond acceptors (Lipinski definition) is 21. The maximum absolute atomic E-state index is 13.6. The van der Waals surface area contributed by atoms with Crippen LogP contribution in [0.5, 0.6) is 5.75 Å². The smallest absolute Gasteiger partial charge is 0.355 e. The fourth-order valence-corrected chi connectivity index (χ4v) is 16.9. The number of aryl methyl sites for hydroxylation is 6. The molecular formula is C80H57ClF5N3O19S4. The van der Waals surface area contributed by atoms with Crippen LogP contribution in [0.1, 0.15) is 61.6 Å². The first-order chi connectivity index (χ1) is 53.0. The largest absolute Gasteiger partial charge is 0.497 e. The molecule has 572 valence electrons. The van der Waals surface area contributed by atoms with E-state index in [2.05, 4.69) is 14.9 Å². The second-order valence-corrected chi connectivity index (χ2v) is 33.1. The number of rotatable bonds is 11. The number of halogens is 6. The molecule has 5 heterocycles. The van der Waals surface area contributed by atoms with Crippen molar-refractivity contribution in [1.29, 1.82) is 5.26 Å². The van der Waals surface area contributed by atoms with Crippen LogP contribution in [0.25, 0.3) is 43.9 Å². The van der Waals surface area contributed by atoms with Crippen molar-refractivity contribution >= 4 is 106 Å². The van der Waals surface area contributed by atoms with Gasteiger partial charge in [0.1, 0.15) is 40.1 Å². The predicted octanol–water partition coefficient (Wildman–Crippen LogP) is 15.7. The number of carbonyl (C=O) groups is 1. The first-order valence-corrected chi connectivity index (χ1v) is 39.3. The van der Waals surface area contributed by atoms with Crippen molar-refractivity contribution in [2.45, 2.75) is 93.0 Å². The van der Waals surface area contributed by atoms with E-state index in [0.717, 1.165) is 95.4 Å². The lowest BCUT2D eigenvalue weighted by Crippen LogP contribution is -2.15. The zero-order valence-electron chi connectivity index (χ0n) is 59.1. The molecule has 0 bridgehead atoms. The van der Waals surface area contributed by atoms with E-state index >= 15 is 0 Å². The molecule has 1 aliphatic rings. The van der Waals surface area contributed by atoms with Gasteiger partial charge < -0.3 is 32.2 Å². The van der Waals surface area contributed by atoms with Gasteiger partial charge in [-0.25, -0.2) is 74.8 Å². The molecule has 0 atom stereocenters. The number of nitrogens with one attached hydrogen (secondary N) is 1. The summed E-state index contributed by atoms with van der Waals surface area (Å²) in [6.45, 7) is 9.16. The van der Waals surface area contributed by atoms with Gasteiger partial charge >= 0.3 is 22.5 Å². The van der Waals surface area contributed by atoms with Gasteiger partial charge in [0.05, 0.1) is 38.3 Å². The Morgan fingerprint density at radius 1 is 0.473 bits per heavy atom. The van der Waals surface area contributed by atoms with Gasteiger partial charge in [-0.05, 0) is 216 Å². The lowest BCUT2D eigenvalue weighted by atomic mass is 10.1. The molecule has 32 heteroatoms. The van der Waals surface area contributed by atoms with Crippen LogP contribution in [0, 0.1) is 75.0 Å². The minimum Gasteiger partial charge on any atom is -0.497 e. The summed E-state index contributed by atoms with van der Waals surface area (Å²) in [5.41, 5.74) is 1.97. The normalized spacial score (nSPS) is 11.9. The van der Waals surface area contributed by atoms with E-state index in [0.29, 0.717) is 45.5 Å². The summed E-state index contributed by atoms with van der Waals surface area (Å²) in [6, 6.07) is 44.9. The standard InChI is InChI=1S/C17H11NO4S.C16H11ClO4S.C16H9F3O4S.C16H10F2O5S.C15H16N2O2/c1-11-5-6-15-13(7-11)9-16(17(19)22-15)23(20,21)14-4-2-3-12(8-14)10-18;1-10-5-6-14-11(7-10)8-15(16(18)21-14)22(19,20)13-4-2-3-12(17)9-13;1-8-4-11(2-3-12(8)18)24(21,22)14-6-9-5-10(17)7-13(19)15(9)23-16(14)20;1-22-11-2-4-12(5-3-11)24(20,21)14-7-9-6-10(17)8-13(18)15(9)23-16(14)19;1-9-6-7-11(8-10(9)2)16-15(18)14-12-4-3-5-13(12)19-17-14/h2-9H,1H3;2-9H,1H3;2-7H,1H3;2-8H,1H3;6-8H,3-5H2,1-2H3,(H,16,18). The van der Waals surface area contributed by atoms with E-state index in [9.17, 15) is 79.6 Å². The van der Waals surface area contributed by atoms with E-state index in [1.165, 1.54) is 98.5 Å². The van der Waals surface area contributed by atoms with Gasteiger partial charge in [-0.1, -0.05) is 58.2 Å². The van der Waals surface area contributed by atoms with E-state index < -0.39 is 122 Å². The van der Waals surface area contributed by atoms with Crippen molar-refractivity contribution in [1.82, 2.24) is 5.16 Å². The van der Waals surface area contributed by atoms with Crippen LogP contribution in [0.4, 0.5) is 27.6 Å². The van der Waals surface area contributed by atoms with Crippen LogP contribution >= 0.6 is 11.6 Å². The van der Waals surface area contributed by atoms with Crippen molar-refractivity contribution < 1.29 is 87.3 Å². The summed E-state index contributed by atoms with van der Waals surface area (Å²) in [6.07, 6.45) is 2.81. The maximum atomic E-state index is 13.6. The number of hydrogen-bond donors (Lipinski definition) is 1. The molecule has 0 radical (unpaired) electrons. The fourth-order valence-electron chi connectivity index (χ4n) is 11.3. The van der Waals surface area contributed by atoms with Crippen molar-refractivity contribution in [2.24, 2.45) is 0 Å². The second kappa shape index (κ2) is 32.6. The van der Waals surface area contributed by atoms with Crippen LogP contribution < -0.4 is 32.6 Å². The van der Waals surface area contributed by atoms with Gasteiger partial charge in [-0.15, -0.1) is 0 Å². The number of ether oxygens (including phenoxy) is 1. The summed E-state index contributed by atoms with van der Waals surface area (Å²) in [5.74, 6) is -3.57. The van der Waals surface area contributed by atoms with Gasteiger partial charge in [-0.2, -0.15) is 5.26 Å². The van der Waals surface area contributed by atoms with Crippen LogP contribution in [0.15, 0.2) is 275 Å². The van der Waals surface area contributed by atoms with Crippen LogP contribution in [0.3, 0.4) is 0 Å². The van der Waals surface area contributed by atoms with Gasteiger partial charge in [0.2, 0.25) is 39.3 Å². The number of amides is 1. The highest BCUT2D eigenvalue weighted by Crippen LogP contribution is 2.32. The zero-order valence-corrected chi connectivity index (χ0v) is 63.2. The molecule has 112 heavy (non-hydrogen) atoms. The van der Waals surface area contributed by atoms with E-state index in [4.69, 9.17) is 39.4 Å². The first-order valence-electron chi connectivity index (χ1n) is 32.9. The highest BCUT2D eigenvalue weighted by atomic mass is 35.5. The zero-order chi connectivity index (χ0) is 81.1. The van der Waals surface area contributed by atoms with E-state index in [-0.39, 0.29) is 52.4 Å². The third kappa shape index (κ3) is 17.4. The number of anilines is 1. The molecule has 0 unspecified atom stereocenters. The molecule has 15 rings (SSSR count). The molecule has 1 aliphatic carbocycles. The SMILES string of the molecule is COc1ccc(S(=O)(=O)c2cc3cc(F)cc(F)c3oc2=O)cc1.Cc1cc(S(=O)(=O)c2cc3cc(F)cc(F)c3oc2=O)ccc1F.Cc1ccc(NC(=O)c2noc3c2CCC3)cc1C.Cc1ccc2oc(=O)c(S(=O)(=O)c3cccc(C#N)c3)cc2c1.Cc1ccc2oc(=O)c(S(=O)(=O)c3cccc(Cl)c3)cc2c1. The Morgan fingerprint density at radius 2 is 0.946 bits per heavy atom. The molecule has 9 aromatic carbocycles. The number of fused-ring (bicyclic) bond motifs is 5. The molecular weight excluding hydrogens is 1570 g/mol. The van der Waals surface area contributed by atoms with Gasteiger partial charge in [0.25, 0.3) is 5.91 Å². The number of sulfone groups is 4. The average molecular weight is 1620 g/mol. The van der Waals surface area contributed by atoms with E-state index in [1.807, 2.05) is 52.0 Å². The molecule has 0 spiro atoms. The molecule has 0 saturated heterocycles. The molecule has 0 aliphatic heterocycles. The predicted molar refractivity (Wildman–Crippen MR) is 400 cm³/mol. The summed E-state index contributed by atoms with van der Waals surface area (Å²) in [4.78, 5) is 57.3. The number of methoxy groups -OCH3 is 1. The Balaban J connectivity index is 0.000000139. The Labute approximate surface area is 637 Å². The van der Waals surface area contributed by atoms with Crippen molar-refractivity contribution in [3.63, 3.8) is 0 Å². The molecule has 5 aromatic heterocycles. The summed E-state index contributed by atoms with van der Waals surface area (Å²) < 4.78 is 198. The minimum absolute atomic E-state index is 0.0423. The monoisotopic (exact) mass is 1620 g/mol. The van der Waals surface area contributed by atoms with Gasteiger partial charge in [0, 0.05) is 56.4 Å². The topological polar surface area (TPSA) is 346 Å². The third-order valence-corrected chi connectivity index (χ3v) is 24.4. The second-order valence-electron chi connectivity index (χ2n) is 25.0.